The van der Waals surface area contributed by atoms with E-state index in [1.54, 1.807) is 6.20 Å². The van der Waals surface area contributed by atoms with Gasteiger partial charge in [-0.3, -0.25) is 4.90 Å². The summed E-state index contributed by atoms with van der Waals surface area (Å²) in [4.78, 5) is 31.3. The minimum atomic E-state index is -1.04. The Hall–Kier alpha value is -3.24. The summed E-state index contributed by atoms with van der Waals surface area (Å²) in [5.74, 6) is -0.103. The van der Waals surface area contributed by atoms with Crippen LogP contribution in [0.25, 0.3) is 11.0 Å². The number of aromatic amines is 1. The molecule has 4 rings (SSSR count). The molecule has 1 aliphatic heterocycles. The summed E-state index contributed by atoms with van der Waals surface area (Å²) in [6, 6.07) is 5.73. The Morgan fingerprint density at radius 1 is 1.31 bits per heavy atom. The fourth-order valence-electron chi connectivity index (χ4n) is 3.54. The number of carbonyl (C=O) groups is 1. The number of H-pyrrole nitrogens is 1. The molecule has 0 unspecified atom stereocenters. The lowest BCUT2D eigenvalue weighted by Gasteiger charge is -2.40. The van der Waals surface area contributed by atoms with Crippen molar-refractivity contribution < 1.29 is 15.0 Å². The number of fused-ring (bicyclic) bond motifs is 1. The van der Waals surface area contributed by atoms with Crippen molar-refractivity contribution in [3.05, 3.63) is 36.3 Å². The quantitative estimate of drug-likeness (QED) is 0.486. The number of carboxylic acids is 1. The highest BCUT2D eigenvalue weighted by atomic mass is 16.4. The molecule has 10 nitrogen and oxygen atoms in total. The first-order chi connectivity index (χ1) is 14.0. The van der Waals surface area contributed by atoms with Gasteiger partial charge in [0.05, 0.1) is 18.5 Å². The average molecular weight is 397 g/mol. The topological polar surface area (TPSA) is 130 Å². The molecule has 0 aliphatic carbocycles. The van der Waals surface area contributed by atoms with Crippen LogP contribution < -0.4 is 10.2 Å². The highest BCUT2D eigenvalue weighted by Gasteiger charge is 2.23. The third-order valence-electron chi connectivity index (χ3n) is 5.11. The van der Waals surface area contributed by atoms with Crippen molar-refractivity contribution in [2.75, 3.05) is 43.0 Å². The molecular formula is C19H23N7O3. The fraction of sp³-hybridized carbons (Fsp3) is 0.368. The van der Waals surface area contributed by atoms with Gasteiger partial charge in [-0.15, -0.1) is 0 Å². The van der Waals surface area contributed by atoms with E-state index < -0.39 is 5.97 Å². The SMILES string of the molecule is C[C@@H]1CN(c2ccc(Nc3ncc4cc(C(=O)O)[nH]c4n3)nc2)CCN1CCO. The van der Waals surface area contributed by atoms with Crippen LogP contribution in [0.15, 0.2) is 30.6 Å². The number of nitrogens with zero attached hydrogens (tertiary/aromatic N) is 5. The van der Waals surface area contributed by atoms with Crippen molar-refractivity contribution in [3.63, 3.8) is 0 Å². The molecule has 4 N–H and O–H groups in total. The van der Waals surface area contributed by atoms with E-state index in [2.05, 4.69) is 42.0 Å². The smallest absolute Gasteiger partial charge is 0.352 e. The Labute approximate surface area is 167 Å². The summed E-state index contributed by atoms with van der Waals surface area (Å²) in [6.45, 7) is 5.72. The standard InChI is InChI=1S/C19H23N7O3/c1-12-11-26(5-4-25(12)6-7-27)14-2-3-16(20-10-14)23-19-21-9-13-8-15(18(28)29)22-17(13)24-19/h2-3,8-10,12,27H,4-7,11H2,1H3,(H,28,29)(H2,20,21,22,23,24)/t12-/m1/s1. The predicted molar refractivity (Wildman–Crippen MR) is 109 cm³/mol. The monoisotopic (exact) mass is 397 g/mol. The van der Waals surface area contributed by atoms with Gasteiger partial charge < -0.3 is 25.4 Å². The first-order valence-electron chi connectivity index (χ1n) is 9.45. The number of β-amino-alcohol motifs (C(OH)–C–C–N with tert-alkyl or cyclic N) is 1. The zero-order valence-corrected chi connectivity index (χ0v) is 16.0. The van der Waals surface area contributed by atoms with Gasteiger partial charge >= 0.3 is 5.97 Å². The van der Waals surface area contributed by atoms with Crippen LogP contribution in [0.2, 0.25) is 0 Å². The van der Waals surface area contributed by atoms with Crippen LogP contribution in [-0.4, -0.2) is 79.8 Å². The highest BCUT2D eigenvalue weighted by molar-refractivity contribution is 5.92. The molecule has 0 aromatic carbocycles. The Morgan fingerprint density at radius 3 is 2.86 bits per heavy atom. The van der Waals surface area contributed by atoms with Crippen LogP contribution >= 0.6 is 0 Å². The number of rotatable bonds is 6. The molecule has 29 heavy (non-hydrogen) atoms. The first kappa shape index (κ1) is 19.1. The van der Waals surface area contributed by atoms with Gasteiger partial charge in [0.15, 0.2) is 0 Å². The lowest BCUT2D eigenvalue weighted by molar-refractivity contribution is 0.0691. The van der Waals surface area contributed by atoms with Crippen LogP contribution in [0, 0.1) is 0 Å². The molecule has 0 spiro atoms. The Balaban J connectivity index is 1.43. The van der Waals surface area contributed by atoms with Gasteiger partial charge in [0.25, 0.3) is 0 Å². The van der Waals surface area contributed by atoms with Crippen molar-refractivity contribution in [2.24, 2.45) is 0 Å². The Kier molecular flexibility index (Phi) is 5.28. The van der Waals surface area contributed by atoms with Gasteiger partial charge in [-0.2, -0.15) is 4.98 Å². The number of piperazine rings is 1. The zero-order chi connectivity index (χ0) is 20.4. The molecule has 1 atom stereocenters. The molecule has 10 heteroatoms. The fourth-order valence-corrected chi connectivity index (χ4v) is 3.54. The Morgan fingerprint density at radius 2 is 2.17 bits per heavy atom. The molecule has 1 saturated heterocycles. The third kappa shape index (κ3) is 4.13. The molecule has 3 aromatic rings. The van der Waals surface area contributed by atoms with Crippen LogP contribution in [0.1, 0.15) is 17.4 Å². The number of aliphatic hydroxyl groups excluding tert-OH is 1. The molecule has 3 aromatic heterocycles. The minimum Gasteiger partial charge on any atom is -0.477 e. The summed E-state index contributed by atoms with van der Waals surface area (Å²) >= 11 is 0. The maximum atomic E-state index is 11.1. The molecule has 4 heterocycles. The second-order valence-electron chi connectivity index (χ2n) is 7.07. The number of nitrogens with one attached hydrogen (secondary N) is 2. The summed E-state index contributed by atoms with van der Waals surface area (Å²) < 4.78 is 0. The largest absolute Gasteiger partial charge is 0.477 e. The van der Waals surface area contributed by atoms with E-state index in [9.17, 15) is 4.79 Å². The predicted octanol–water partition coefficient (Wildman–Crippen LogP) is 1.30. The summed E-state index contributed by atoms with van der Waals surface area (Å²) in [7, 11) is 0. The normalized spacial score (nSPS) is 17.6. The van der Waals surface area contributed by atoms with Crippen molar-refractivity contribution in [3.8, 4) is 0 Å². The van der Waals surface area contributed by atoms with Crippen molar-refractivity contribution >= 4 is 34.5 Å². The third-order valence-corrected chi connectivity index (χ3v) is 5.11. The lowest BCUT2D eigenvalue weighted by Crippen LogP contribution is -2.52. The number of hydrogen-bond donors (Lipinski definition) is 4. The summed E-state index contributed by atoms with van der Waals surface area (Å²) in [5, 5.41) is 21.9. The van der Waals surface area contributed by atoms with Gasteiger partial charge in [0.1, 0.15) is 17.2 Å². The molecule has 0 amide bonds. The lowest BCUT2D eigenvalue weighted by atomic mass is 10.2. The maximum Gasteiger partial charge on any atom is 0.352 e. The van der Waals surface area contributed by atoms with Crippen molar-refractivity contribution in [1.82, 2.24) is 24.8 Å². The molecule has 152 valence electrons. The van der Waals surface area contributed by atoms with Gasteiger partial charge in [-0.05, 0) is 25.1 Å². The minimum absolute atomic E-state index is 0.0715. The number of carboxylic acid groups (broad SMARTS) is 1. The van der Waals surface area contributed by atoms with Gasteiger partial charge in [0, 0.05) is 43.8 Å². The van der Waals surface area contributed by atoms with E-state index in [4.69, 9.17) is 10.2 Å². The molecule has 0 bridgehead atoms. The average Bonchev–Trinajstić information content (AvgIpc) is 3.14. The number of hydrogen-bond acceptors (Lipinski definition) is 8. The zero-order valence-electron chi connectivity index (χ0n) is 16.0. The molecule has 1 fully saturated rings. The van der Waals surface area contributed by atoms with E-state index >= 15 is 0 Å². The molecule has 0 saturated carbocycles. The van der Waals surface area contributed by atoms with E-state index in [0.717, 1.165) is 25.3 Å². The Bertz CT molecular complexity index is 1000. The van der Waals surface area contributed by atoms with Gasteiger partial charge in [-0.1, -0.05) is 0 Å². The number of pyridine rings is 1. The summed E-state index contributed by atoms with van der Waals surface area (Å²) in [5.41, 5.74) is 1.56. The van der Waals surface area contributed by atoms with E-state index in [1.807, 2.05) is 18.3 Å². The number of anilines is 3. The van der Waals surface area contributed by atoms with Crippen LogP contribution in [0.4, 0.5) is 17.5 Å². The number of aliphatic hydroxyl groups is 1. The number of aromatic nitrogens is 4. The van der Waals surface area contributed by atoms with Crippen molar-refractivity contribution in [2.45, 2.75) is 13.0 Å². The van der Waals surface area contributed by atoms with Crippen molar-refractivity contribution in [1.29, 1.82) is 0 Å². The molecular weight excluding hydrogens is 374 g/mol. The molecule has 1 aliphatic rings. The van der Waals surface area contributed by atoms with E-state index in [1.165, 1.54) is 6.07 Å². The van der Waals surface area contributed by atoms with Crippen LogP contribution in [-0.2, 0) is 0 Å². The van der Waals surface area contributed by atoms with E-state index in [-0.39, 0.29) is 12.3 Å². The molecule has 0 radical (unpaired) electrons. The van der Waals surface area contributed by atoms with E-state index in [0.29, 0.717) is 35.4 Å². The van der Waals surface area contributed by atoms with Gasteiger partial charge in [0.2, 0.25) is 5.95 Å². The van der Waals surface area contributed by atoms with Gasteiger partial charge in [-0.25, -0.2) is 14.8 Å². The van der Waals surface area contributed by atoms with Crippen LogP contribution in [0.5, 0.6) is 0 Å². The second-order valence-corrected chi connectivity index (χ2v) is 7.07. The summed E-state index contributed by atoms with van der Waals surface area (Å²) in [6.07, 6.45) is 3.38. The highest BCUT2D eigenvalue weighted by Crippen LogP contribution is 2.21. The first-order valence-corrected chi connectivity index (χ1v) is 9.45. The van der Waals surface area contributed by atoms with Crippen LogP contribution in [0.3, 0.4) is 0 Å². The second kappa shape index (κ2) is 8.02. The maximum absolute atomic E-state index is 11.1. The number of aromatic carboxylic acids is 1.